The number of para-hydroxylation sites is 1. The Bertz CT molecular complexity index is 416. The van der Waals surface area contributed by atoms with Crippen molar-refractivity contribution in [2.24, 2.45) is 0 Å². The molecular weight excluding hydrogens is 264 g/mol. The van der Waals surface area contributed by atoms with Gasteiger partial charge in [-0.05, 0) is 19.2 Å². The maximum absolute atomic E-state index is 11.7. The molecule has 1 amide bonds. The highest BCUT2D eigenvalue weighted by atomic mass is 16.1. The number of rotatable bonds is 7. The van der Waals surface area contributed by atoms with Crippen LogP contribution in [0.2, 0.25) is 0 Å². The van der Waals surface area contributed by atoms with Crippen molar-refractivity contribution in [3.05, 3.63) is 30.3 Å². The van der Waals surface area contributed by atoms with Crippen LogP contribution in [0.25, 0.3) is 0 Å². The zero-order valence-corrected chi connectivity index (χ0v) is 12.8. The summed E-state index contributed by atoms with van der Waals surface area (Å²) in [4.78, 5) is 16.4. The number of amides is 1. The van der Waals surface area contributed by atoms with Crippen molar-refractivity contribution < 1.29 is 4.79 Å². The van der Waals surface area contributed by atoms with Gasteiger partial charge in [0.15, 0.2) is 0 Å². The summed E-state index contributed by atoms with van der Waals surface area (Å²) in [7, 11) is 1.89. The number of likely N-dealkylation sites (N-methyl/N-ethyl adjacent to an activating group) is 1. The lowest BCUT2D eigenvalue weighted by atomic mass is 10.2. The molecule has 1 heterocycles. The summed E-state index contributed by atoms with van der Waals surface area (Å²) < 4.78 is 0. The van der Waals surface area contributed by atoms with Crippen LogP contribution >= 0.6 is 0 Å². The molecule has 2 rings (SSSR count). The average Bonchev–Trinajstić information content (AvgIpc) is 2.54. The number of carbonyl (C=O) groups is 1. The van der Waals surface area contributed by atoms with E-state index in [2.05, 4.69) is 44.7 Å². The van der Waals surface area contributed by atoms with Crippen molar-refractivity contribution in [2.45, 2.75) is 6.42 Å². The Morgan fingerprint density at radius 1 is 1.10 bits per heavy atom. The molecule has 0 radical (unpaired) electrons. The first-order valence-electron chi connectivity index (χ1n) is 7.73. The largest absolute Gasteiger partial charge is 0.369 e. The van der Waals surface area contributed by atoms with E-state index in [0.717, 1.165) is 39.3 Å². The molecule has 0 saturated carbocycles. The van der Waals surface area contributed by atoms with E-state index < -0.39 is 0 Å². The monoisotopic (exact) mass is 290 g/mol. The first-order valence-corrected chi connectivity index (χ1v) is 7.73. The van der Waals surface area contributed by atoms with Gasteiger partial charge in [-0.15, -0.1) is 0 Å². The second-order valence-electron chi connectivity index (χ2n) is 5.37. The van der Waals surface area contributed by atoms with Gasteiger partial charge in [0.05, 0.1) is 0 Å². The third kappa shape index (κ3) is 5.36. The number of benzene rings is 1. The summed E-state index contributed by atoms with van der Waals surface area (Å²) in [6, 6.07) is 10.5. The number of carbonyl (C=O) groups excluding carboxylic acids is 1. The predicted molar refractivity (Wildman–Crippen MR) is 86.6 cm³/mol. The van der Waals surface area contributed by atoms with Gasteiger partial charge in [-0.3, -0.25) is 9.69 Å². The Morgan fingerprint density at radius 2 is 1.81 bits per heavy atom. The number of nitrogens with one attached hydrogen (secondary N) is 2. The van der Waals surface area contributed by atoms with Crippen molar-refractivity contribution in [1.29, 1.82) is 0 Å². The molecule has 1 fully saturated rings. The molecular formula is C16H26N4O. The van der Waals surface area contributed by atoms with Crippen LogP contribution in [-0.4, -0.2) is 63.7 Å². The van der Waals surface area contributed by atoms with Crippen LogP contribution in [0, 0.1) is 0 Å². The molecule has 2 N–H and O–H groups in total. The predicted octanol–water partition coefficient (Wildman–Crippen LogP) is 0.534. The molecule has 21 heavy (non-hydrogen) atoms. The SMILES string of the molecule is CNCCNC(=O)CCN1CCN(c2ccccc2)CC1. The Kier molecular flexibility index (Phi) is 6.50. The van der Waals surface area contributed by atoms with Gasteiger partial charge in [0.2, 0.25) is 5.91 Å². The molecule has 0 aromatic heterocycles. The highest BCUT2D eigenvalue weighted by molar-refractivity contribution is 5.76. The summed E-state index contributed by atoms with van der Waals surface area (Å²) in [6.45, 7) is 6.50. The summed E-state index contributed by atoms with van der Waals surface area (Å²) in [6.07, 6.45) is 0.592. The Hall–Kier alpha value is -1.59. The number of nitrogens with zero attached hydrogens (tertiary/aromatic N) is 2. The minimum atomic E-state index is 0.149. The summed E-state index contributed by atoms with van der Waals surface area (Å²) in [5.41, 5.74) is 1.29. The van der Waals surface area contributed by atoms with Crippen LogP contribution in [0.5, 0.6) is 0 Å². The number of anilines is 1. The lowest BCUT2D eigenvalue weighted by molar-refractivity contribution is -0.121. The molecule has 1 saturated heterocycles. The summed E-state index contributed by atoms with van der Waals surface area (Å²) >= 11 is 0. The molecule has 0 atom stereocenters. The molecule has 0 bridgehead atoms. The van der Waals surface area contributed by atoms with Gasteiger partial charge in [0, 0.05) is 57.9 Å². The third-order valence-corrected chi connectivity index (χ3v) is 3.85. The molecule has 1 aliphatic rings. The topological polar surface area (TPSA) is 47.6 Å². The molecule has 5 heteroatoms. The van der Waals surface area contributed by atoms with Crippen LogP contribution in [-0.2, 0) is 4.79 Å². The van der Waals surface area contributed by atoms with Crippen LogP contribution < -0.4 is 15.5 Å². The maximum Gasteiger partial charge on any atom is 0.221 e. The first kappa shape index (κ1) is 15.8. The lowest BCUT2D eigenvalue weighted by Gasteiger charge is -2.36. The fourth-order valence-electron chi connectivity index (χ4n) is 2.54. The third-order valence-electron chi connectivity index (χ3n) is 3.85. The van der Waals surface area contributed by atoms with Gasteiger partial charge in [0.25, 0.3) is 0 Å². The molecule has 5 nitrogen and oxygen atoms in total. The molecule has 0 spiro atoms. The summed E-state index contributed by atoms with van der Waals surface area (Å²) in [5, 5.41) is 5.94. The van der Waals surface area contributed by atoms with E-state index in [-0.39, 0.29) is 5.91 Å². The Balaban J connectivity index is 1.64. The van der Waals surface area contributed by atoms with Gasteiger partial charge < -0.3 is 15.5 Å². The molecule has 1 aliphatic heterocycles. The number of piperazine rings is 1. The van der Waals surface area contributed by atoms with Crippen molar-refractivity contribution in [2.75, 3.05) is 57.8 Å². The maximum atomic E-state index is 11.7. The lowest BCUT2D eigenvalue weighted by Crippen LogP contribution is -2.47. The second kappa shape index (κ2) is 8.64. The molecule has 1 aromatic rings. The summed E-state index contributed by atoms with van der Waals surface area (Å²) in [5.74, 6) is 0.149. The average molecular weight is 290 g/mol. The van der Waals surface area contributed by atoms with Gasteiger partial charge in [0.1, 0.15) is 0 Å². The smallest absolute Gasteiger partial charge is 0.221 e. The van der Waals surface area contributed by atoms with Crippen molar-refractivity contribution >= 4 is 11.6 Å². The minimum Gasteiger partial charge on any atom is -0.369 e. The van der Waals surface area contributed by atoms with E-state index in [1.165, 1.54) is 5.69 Å². The van der Waals surface area contributed by atoms with Crippen LogP contribution in [0.15, 0.2) is 30.3 Å². The van der Waals surface area contributed by atoms with E-state index in [1.807, 2.05) is 13.1 Å². The van der Waals surface area contributed by atoms with Crippen LogP contribution in [0.4, 0.5) is 5.69 Å². The number of hydrogen-bond donors (Lipinski definition) is 2. The fraction of sp³-hybridized carbons (Fsp3) is 0.562. The minimum absolute atomic E-state index is 0.149. The van der Waals surface area contributed by atoms with Gasteiger partial charge >= 0.3 is 0 Å². The quantitative estimate of drug-likeness (QED) is 0.720. The highest BCUT2D eigenvalue weighted by Gasteiger charge is 2.17. The first-order chi connectivity index (χ1) is 10.3. The Labute approximate surface area is 127 Å². The van der Waals surface area contributed by atoms with Crippen molar-refractivity contribution in [3.8, 4) is 0 Å². The molecule has 0 unspecified atom stereocenters. The molecule has 1 aromatic carbocycles. The standard InChI is InChI=1S/C16H26N4O/c1-17-8-9-18-16(21)7-10-19-11-13-20(14-12-19)15-5-3-2-4-6-15/h2-6,17H,7-14H2,1H3,(H,18,21). The zero-order valence-electron chi connectivity index (χ0n) is 12.8. The van der Waals surface area contributed by atoms with Crippen molar-refractivity contribution in [3.63, 3.8) is 0 Å². The Morgan fingerprint density at radius 3 is 2.48 bits per heavy atom. The second-order valence-corrected chi connectivity index (χ2v) is 5.37. The normalized spacial score (nSPS) is 16.0. The van der Waals surface area contributed by atoms with E-state index in [4.69, 9.17) is 0 Å². The van der Waals surface area contributed by atoms with E-state index in [0.29, 0.717) is 13.0 Å². The van der Waals surface area contributed by atoms with Gasteiger partial charge in [-0.2, -0.15) is 0 Å². The highest BCUT2D eigenvalue weighted by Crippen LogP contribution is 2.15. The zero-order chi connectivity index (χ0) is 14.9. The van der Waals surface area contributed by atoms with Crippen LogP contribution in [0.3, 0.4) is 0 Å². The van der Waals surface area contributed by atoms with E-state index in [1.54, 1.807) is 0 Å². The van der Waals surface area contributed by atoms with Crippen molar-refractivity contribution in [1.82, 2.24) is 15.5 Å². The molecule has 116 valence electrons. The van der Waals surface area contributed by atoms with Crippen LogP contribution in [0.1, 0.15) is 6.42 Å². The van der Waals surface area contributed by atoms with E-state index in [9.17, 15) is 4.79 Å². The van der Waals surface area contributed by atoms with E-state index >= 15 is 0 Å². The molecule has 0 aliphatic carbocycles. The number of hydrogen-bond acceptors (Lipinski definition) is 4. The van der Waals surface area contributed by atoms with Gasteiger partial charge in [-0.1, -0.05) is 18.2 Å². The fourth-order valence-corrected chi connectivity index (χ4v) is 2.54. The van der Waals surface area contributed by atoms with Gasteiger partial charge in [-0.25, -0.2) is 0 Å².